The topological polar surface area (TPSA) is 18.5 Å². The molecule has 0 fully saturated rings. The van der Waals surface area contributed by atoms with Crippen LogP contribution >= 0.6 is 0 Å². The van der Waals surface area contributed by atoms with E-state index in [9.17, 15) is 52.7 Å². The Morgan fingerprint density at radius 2 is 1.15 bits per heavy atom. The quantitative estimate of drug-likeness (QED) is 0.106. The molecular weight excluding hydrogens is 644 g/mol. The van der Waals surface area contributed by atoms with Crippen LogP contribution in [0.5, 0.6) is 11.5 Å². The lowest BCUT2D eigenvalue weighted by atomic mass is 10.0. The Morgan fingerprint density at radius 3 is 1.67 bits per heavy atom. The van der Waals surface area contributed by atoms with Gasteiger partial charge in [0.1, 0.15) is 63.3 Å². The summed E-state index contributed by atoms with van der Waals surface area (Å²) in [5, 5.41) is 0. The zero-order valence-corrected chi connectivity index (χ0v) is 23.2. The van der Waals surface area contributed by atoms with E-state index in [1.165, 1.54) is 0 Å². The first-order valence-corrected chi connectivity index (χ1v) is 13.1. The summed E-state index contributed by atoms with van der Waals surface area (Å²) in [4.78, 5) is 0. The molecule has 0 saturated carbocycles. The molecule has 0 bridgehead atoms. The number of hydrogen-bond donors (Lipinski definition) is 0. The maximum Gasteiger partial charge on any atom is 0.432 e. The molecule has 4 aromatic rings. The van der Waals surface area contributed by atoms with Gasteiger partial charge in [-0.3, -0.25) is 0 Å². The molecule has 0 aliphatic heterocycles. The summed E-state index contributed by atoms with van der Waals surface area (Å²) < 4.78 is 178. The van der Waals surface area contributed by atoms with Gasteiger partial charge in [-0.1, -0.05) is 31.3 Å². The van der Waals surface area contributed by atoms with Crippen molar-refractivity contribution in [1.82, 2.24) is 0 Å². The molecule has 0 saturated heterocycles. The van der Waals surface area contributed by atoms with Gasteiger partial charge < -0.3 is 9.47 Å². The minimum atomic E-state index is -5.34. The van der Waals surface area contributed by atoms with E-state index in [2.05, 4.69) is 10.7 Å². The van der Waals surface area contributed by atoms with E-state index in [0.717, 1.165) is 12.1 Å². The minimum Gasteiger partial charge on any atom is -0.493 e. The van der Waals surface area contributed by atoms with E-state index in [1.54, 1.807) is 0 Å². The van der Waals surface area contributed by atoms with Crippen LogP contribution in [0.25, 0.3) is 11.1 Å². The van der Waals surface area contributed by atoms with Gasteiger partial charge in [-0.2, -0.15) is 22.0 Å². The van der Waals surface area contributed by atoms with Crippen LogP contribution < -0.4 is 9.47 Å². The summed E-state index contributed by atoms with van der Waals surface area (Å²) in [7, 11) is 0. The van der Waals surface area contributed by atoms with Gasteiger partial charge in [0.05, 0.1) is 12.2 Å². The highest BCUT2D eigenvalue weighted by molar-refractivity contribution is 5.66. The van der Waals surface area contributed by atoms with Gasteiger partial charge >= 0.3 is 12.3 Å². The summed E-state index contributed by atoms with van der Waals surface area (Å²) in [6.45, 7) is 1.89. The standard InChI is InChI=1S/C32H18F12O2/c1-2-3-8-45-18-12-27(38)30(28(39)13-18)32(43,44)46-19-14-23(34)21(24(35)15-19)7-5-16-4-6-20(22(33)9-16)17-10-25(36)29(26(37)11-17)31(40,41)42/h4,6,9-15H,2-3,8H2,1H3. The second-order valence-corrected chi connectivity index (χ2v) is 9.60. The number of unbranched alkanes of at least 4 members (excludes halogenated alkanes) is 1. The van der Waals surface area contributed by atoms with Crippen molar-refractivity contribution in [3.05, 3.63) is 118 Å². The maximum atomic E-state index is 14.7. The zero-order valence-electron chi connectivity index (χ0n) is 23.2. The van der Waals surface area contributed by atoms with Crippen molar-refractivity contribution in [3.63, 3.8) is 0 Å². The largest absolute Gasteiger partial charge is 0.493 e. The molecule has 0 atom stereocenters. The average molecular weight is 662 g/mol. The van der Waals surface area contributed by atoms with Crippen LogP contribution in [0, 0.1) is 52.6 Å². The summed E-state index contributed by atoms with van der Waals surface area (Å²) in [6.07, 6.45) is -8.85. The first-order valence-electron chi connectivity index (χ1n) is 13.1. The van der Waals surface area contributed by atoms with Crippen molar-refractivity contribution in [2.24, 2.45) is 0 Å². The molecule has 0 unspecified atom stereocenters. The molecule has 242 valence electrons. The second kappa shape index (κ2) is 13.3. The van der Waals surface area contributed by atoms with Crippen LogP contribution in [0.1, 0.15) is 42.0 Å². The molecule has 0 radical (unpaired) electrons. The molecule has 4 aromatic carbocycles. The molecule has 0 spiro atoms. The molecule has 0 N–H and O–H groups in total. The van der Waals surface area contributed by atoms with Crippen molar-refractivity contribution in [2.75, 3.05) is 6.61 Å². The third-order valence-electron chi connectivity index (χ3n) is 6.27. The first-order chi connectivity index (χ1) is 21.5. The third-order valence-corrected chi connectivity index (χ3v) is 6.27. The fraction of sp³-hybridized carbons (Fsp3) is 0.188. The Kier molecular flexibility index (Phi) is 9.84. The number of alkyl halides is 5. The van der Waals surface area contributed by atoms with Crippen molar-refractivity contribution < 1.29 is 62.2 Å². The smallest absolute Gasteiger partial charge is 0.432 e. The summed E-state index contributed by atoms with van der Waals surface area (Å²) in [5.41, 5.74) is -6.37. The molecular formula is C32H18F12O2. The van der Waals surface area contributed by atoms with Crippen molar-refractivity contribution >= 4 is 0 Å². The molecule has 0 aliphatic carbocycles. The highest BCUT2D eigenvalue weighted by Crippen LogP contribution is 2.38. The molecule has 46 heavy (non-hydrogen) atoms. The average Bonchev–Trinajstić information content (AvgIpc) is 2.90. The lowest BCUT2D eigenvalue weighted by molar-refractivity contribution is -0.189. The van der Waals surface area contributed by atoms with E-state index in [1.807, 2.05) is 12.8 Å². The number of hydrogen-bond acceptors (Lipinski definition) is 2. The summed E-state index contributed by atoms with van der Waals surface area (Å²) >= 11 is 0. The van der Waals surface area contributed by atoms with Gasteiger partial charge in [-0.25, -0.2) is 30.7 Å². The van der Waals surface area contributed by atoms with Crippen LogP contribution in [0.15, 0.2) is 54.6 Å². The van der Waals surface area contributed by atoms with Gasteiger partial charge in [0.2, 0.25) is 0 Å². The predicted molar refractivity (Wildman–Crippen MR) is 140 cm³/mol. The molecule has 2 nitrogen and oxygen atoms in total. The molecule has 0 heterocycles. The van der Waals surface area contributed by atoms with Crippen LogP contribution in [0.3, 0.4) is 0 Å². The summed E-state index contributed by atoms with van der Waals surface area (Å²) in [6, 6.07) is 4.65. The Bertz CT molecular complexity index is 1770. The van der Waals surface area contributed by atoms with Crippen LogP contribution in [-0.4, -0.2) is 6.61 Å². The number of halogens is 12. The predicted octanol–water partition coefficient (Wildman–Crippen LogP) is 10.1. The normalized spacial score (nSPS) is 11.7. The Morgan fingerprint density at radius 1 is 0.609 bits per heavy atom. The van der Waals surface area contributed by atoms with Gasteiger partial charge in [0.15, 0.2) is 0 Å². The summed E-state index contributed by atoms with van der Waals surface area (Å²) in [5.74, 6) is -9.11. The Balaban J connectivity index is 1.56. The molecule has 0 aliphatic rings. The monoisotopic (exact) mass is 662 g/mol. The van der Waals surface area contributed by atoms with E-state index in [0.29, 0.717) is 31.0 Å². The maximum absolute atomic E-state index is 14.7. The number of ether oxygens (including phenoxy) is 2. The van der Waals surface area contributed by atoms with Gasteiger partial charge in [0, 0.05) is 35.4 Å². The van der Waals surface area contributed by atoms with E-state index < -0.39 is 86.6 Å². The van der Waals surface area contributed by atoms with E-state index >= 15 is 0 Å². The first kappa shape index (κ1) is 34.1. The zero-order chi connectivity index (χ0) is 34.0. The Labute approximate surface area is 253 Å². The van der Waals surface area contributed by atoms with E-state index in [-0.39, 0.29) is 42.2 Å². The fourth-order valence-corrected chi connectivity index (χ4v) is 4.13. The SMILES string of the molecule is CCCCOc1cc(F)c(C(F)(F)Oc2cc(F)c(C#Cc3ccc(-c4cc(F)c(C(F)(F)F)c(F)c4)c(F)c3)c(F)c2)c(F)c1. The van der Waals surface area contributed by atoms with Crippen molar-refractivity contribution in [1.29, 1.82) is 0 Å². The lowest BCUT2D eigenvalue weighted by Gasteiger charge is -2.20. The van der Waals surface area contributed by atoms with Gasteiger partial charge in [-0.15, -0.1) is 0 Å². The molecule has 14 heteroatoms. The van der Waals surface area contributed by atoms with E-state index in [4.69, 9.17) is 4.74 Å². The molecule has 0 amide bonds. The fourth-order valence-electron chi connectivity index (χ4n) is 4.13. The number of rotatable bonds is 8. The molecule has 0 aromatic heterocycles. The Hall–Kier alpha value is -4.80. The molecule has 4 rings (SSSR count). The van der Waals surface area contributed by atoms with Crippen LogP contribution in [0.2, 0.25) is 0 Å². The van der Waals surface area contributed by atoms with Crippen molar-refractivity contribution in [3.8, 4) is 34.5 Å². The van der Waals surface area contributed by atoms with Crippen molar-refractivity contribution in [2.45, 2.75) is 32.1 Å². The van der Waals surface area contributed by atoms with Crippen LogP contribution in [-0.2, 0) is 12.3 Å². The van der Waals surface area contributed by atoms with Crippen LogP contribution in [0.4, 0.5) is 52.7 Å². The van der Waals surface area contributed by atoms with Gasteiger partial charge in [0.25, 0.3) is 0 Å². The lowest BCUT2D eigenvalue weighted by Crippen LogP contribution is -2.25. The minimum absolute atomic E-state index is 0.0703. The number of benzene rings is 4. The van der Waals surface area contributed by atoms with Gasteiger partial charge in [-0.05, 0) is 36.2 Å². The second-order valence-electron chi connectivity index (χ2n) is 9.60. The highest BCUT2D eigenvalue weighted by Gasteiger charge is 2.42. The third kappa shape index (κ3) is 7.52. The highest BCUT2D eigenvalue weighted by atomic mass is 19.4.